The Balaban J connectivity index is 2.56. The first-order valence-corrected chi connectivity index (χ1v) is 6.99. The van der Waals surface area contributed by atoms with Crippen LogP contribution < -0.4 is 4.31 Å². The Morgan fingerprint density at radius 3 is 2.53 bits per heavy atom. The molecule has 2 rings (SSSR count). The minimum absolute atomic E-state index is 0.0522. The second kappa shape index (κ2) is 4.62. The molecular weight excluding hydrogens is 299 g/mol. The van der Waals surface area contributed by atoms with E-state index in [1.165, 1.54) is 7.05 Å². The monoisotopic (exact) mass is 308 g/mol. The summed E-state index contributed by atoms with van der Waals surface area (Å²) in [6, 6.07) is 1.95. The first kappa shape index (κ1) is 14.0. The van der Waals surface area contributed by atoms with E-state index in [2.05, 4.69) is 0 Å². The molecule has 0 unspecified atom stereocenters. The van der Waals surface area contributed by atoms with Gasteiger partial charge in [0.25, 0.3) is 0 Å². The molecule has 1 aliphatic heterocycles. The summed E-state index contributed by atoms with van der Waals surface area (Å²) in [5, 5.41) is 8.37. The Labute approximate surface area is 114 Å². The number of rotatable bonds is 2. The van der Waals surface area contributed by atoms with Crippen LogP contribution in [0.15, 0.2) is 12.1 Å². The molecule has 1 N–H and O–H groups in total. The molecule has 0 radical (unpaired) electrons. The van der Waals surface area contributed by atoms with E-state index in [4.69, 9.17) is 16.7 Å². The van der Waals surface area contributed by atoms with Gasteiger partial charge in [-0.05, 0) is 12.1 Å². The van der Waals surface area contributed by atoms with Crippen molar-refractivity contribution in [3.63, 3.8) is 0 Å². The molecule has 1 saturated heterocycles. The number of carbonyl (C=O) groups is 1. The predicted octanol–water partition coefficient (Wildman–Crippen LogP) is 1.17. The van der Waals surface area contributed by atoms with Crippen LogP contribution in [0.5, 0.6) is 0 Å². The van der Waals surface area contributed by atoms with Crippen LogP contribution in [-0.2, 0) is 10.2 Å². The van der Waals surface area contributed by atoms with Crippen LogP contribution in [0.2, 0.25) is 5.02 Å². The molecule has 19 heavy (non-hydrogen) atoms. The molecule has 0 saturated carbocycles. The van der Waals surface area contributed by atoms with E-state index in [0.29, 0.717) is 0 Å². The summed E-state index contributed by atoms with van der Waals surface area (Å²) in [5.74, 6) is -2.39. The molecule has 1 aliphatic rings. The molecule has 0 atom stereocenters. The second-order valence-corrected chi connectivity index (χ2v) is 6.33. The van der Waals surface area contributed by atoms with Crippen molar-refractivity contribution in [1.29, 1.82) is 0 Å². The summed E-state index contributed by atoms with van der Waals surface area (Å²) in [6.45, 7) is 0.369. The van der Waals surface area contributed by atoms with E-state index in [9.17, 15) is 17.6 Å². The van der Waals surface area contributed by atoms with E-state index >= 15 is 0 Å². The van der Waals surface area contributed by atoms with Crippen molar-refractivity contribution < 1.29 is 22.7 Å². The first-order chi connectivity index (χ1) is 8.75. The van der Waals surface area contributed by atoms with Crippen LogP contribution in [0.25, 0.3) is 0 Å². The minimum Gasteiger partial charge on any atom is -0.478 e. The summed E-state index contributed by atoms with van der Waals surface area (Å²) < 4.78 is 39.5. The van der Waals surface area contributed by atoms with E-state index in [0.717, 1.165) is 20.7 Å². The van der Waals surface area contributed by atoms with Crippen molar-refractivity contribution in [3.8, 4) is 0 Å². The Morgan fingerprint density at radius 2 is 2.05 bits per heavy atom. The number of benzene rings is 1. The van der Waals surface area contributed by atoms with Gasteiger partial charge in [0, 0.05) is 20.1 Å². The van der Waals surface area contributed by atoms with Gasteiger partial charge in [0.1, 0.15) is 5.82 Å². The molecular formula is C10H10ClFN2O4S. The van der Waals surface area contributed by atoms with Crippen LogP contribution >= 0.6 is 11.6 Å². The van der Waals surface area contributed by atoms with E-state index < -0.39 is 32.6 Å². The highest BCUT2D eigenvalue weighted by Crippen LogP contribution is 2.30. The predicted molar refractivity (Wildman–Crippen MR) is 67.3 cm³/mol. The van der Waals surface area contributed by atoms with Crippen LogP contribution in [0.3, 0.4) is 0 Å². The Bertz CT molecular complexity index is 649. The van der Waals surface area contributed by atoms with Gasteiger partial charge < -0.3 is 5.11 Å². The van der Waals surface area contributed by atoms with Crippen molar-refractivity contribution in [3.05, 3.63) is 28.5 Å². The quantitative estimate of drug-likeness (QED) is 0.889. The minimum atomic E-state index is -3.73. The number of nitrogens with zero attached hydrogens (tertiary/aromatic N) is 2. The zero-order chi connectivity index (χ0) is 14.4. The van der Waals surface area contributed by atoms with Crippen molar-refractivity contribution >= 4 is 33.5 Å². The maximum absolute atomic E-state index is 13.6. The Morgan fingerprint density at radius 1 is 1.42 bits per heavy atom. The smallest absolute Gasteiger partial charge is 0.337 e. The molecule has 0 aliphatic carbocycles. The fraction of sp³-hybridized carbons (Fsp3) is 0.300. The molecule has 1 aromatic carbocycles. The van der Waals surface area contributed by atoms with E-state index in [-0.39, 0.29) is 18.8 Å². The van der Waals surface area contributed by atoms with Gasteiger partial charge >= 0.3 is 16.2 Å². The van der Waals surface area contributed by atoms with E-state index in [1.54, 1.807) is 0 Å². The normalized spacial score (nSPS) is 18.8. The van der Waals surface area contributed by atoms with Crippen LogP contribution in [0, 0.1) is 5.82 Å². The number of anilines is 1. The summed E-state index contributed by atoms with van der Waals surface area (Å²) >= 11 is 5.53. The highest BCUT2D eigenvalue weighted by Gasteiger charge is 2.34. The summed E-state index contributed by atoms with van der Waals surface area (Å²) in [7, 11) is -2.34. The maximum Gasteiger partial charge on any atom is 0.337 e. The van der Waals surface area contributed by atoms with Crippen molar-refractivity contribution in [2.24, 2.45) is 0 Å². The molecule has 1 aromatic rings. The second-order valence-electron chi connectivity index (χ2n) is 4.00. The average Bonchev–Trinajstić information content (AvgIpc) is 2.57. The van der Waals surface area contributed by atoms with Crippen molar-refractivity contribution in [2.45, 2.75) is 0 Å². The SMILES string of the molecule is CN1CCN(c2cc(F)c(Cl)c(C(=O)O)c2)S1(=O)=O. The lowest BCUT2D eigenvalue weighted by molar-refractivity contribution is 0.0696. The molecule has 104 valence electrons. The standard InChI is InChI=1S/C10H10ClFN2O4S/c1-13-2-3-14(19(13,17)18)6-4-7(10(15)16)9(11)8(12)5-6/h4-5H,2-3H2,1H3,(H,15,16). The highest BCUT2D eigenvalue weighted by molar-refractivity contribution is 7.90. The largest absolute Gasteiger partial charge is 0.478 e. The highest BCUT2D eigenvalue weighted by atomic mass is 35.5. The molecule has 0 spiro atoms. The van der Waals surface area contributed by atoms with E-state index in [1.807, 2.05) is 0 Å². The van der Waals surface area contributed by atoms with Crippen LogP contribution in [0.1, 0.15) is 10.4 Å². The number of hydrogen-bond donors (Lipinski definition) is 1. The van der Waals surface area contributed by atoms with Crippen LogP contribution in [-0.4, -0.2) is 43.9 Å². The Hall–Kier alpha value is -1.38. The third kappa shape index (κ3) is 2.26. The van der Waals surface area contributed by atoms with Gasteiger partial charge in [-0.2, -0.15) is 12.7 Å². The van der Waals surface area contributed by atoms with Crippen LogP contribution in [0.4, 0.5) is 10.1 Å². The summed E-state index contributed by atoms with van der Waals surface area (Å²) in [6.07, 6.45) is 0. The lowest BCUT2D eigenvalue weighted by Crippen LogP contribution is -2.30. The first-order valence-electron chi connectivity index (χ1n) is 5.21. The molecule has 0 amide bonds. The molecule has 1 heterocycles. The van der Waals surface area contributed by atoms with Gasteiger partial charge in [0.2, 0.25) is 0 Å². The third-order valence-electron chi connectivity index (χ3n) is 2.82. The average molecular weight is 309 g/mol. The zero-order valence-corrected chi connectivity index (χ0v) is 11.4. The fourth-order valence-electron chi connectivity index (χ4n) is 1.77. The summed E-state index contributed by atoms with van der Waals surface area (Å²) in [4.78, 5) is 10.9. The van der Waals surface area contributed by atoms with Gasteiger partial charge in [-0.3, -0.25) is 4.31 Å². The summed E-state index contributed by atoms with van der Waals surface area (Å²) in [5.41, 5.74) is -0.523. The van der Waals surface area contributed by atoms with Crippen molar-refractivity contribution in [2.75, 3.05) is 24.4 Å². The van der Waals surface area contributed by atoms with Gasteiger partial charge in [0.15, 0.2) is 0 Å². The number of aromatic carboxylic acids is 1. The molecule has 9 heteroatoms. The lowest BCUT2D eigenvalue weighted by Gasteiger charge is -2.18. The number of carboxylic acids is 1. The topological polar surface area (TPSA) is 77.9 Å². The molecule has 0 aromatic heterocycles. The van der Waals surface area contributed by atoms with Gasteiger partial charge in [-0.25, -0.2) is 9.18 Å². The number of halogens is 2. The van der Waals surface area contributed by atoms with Gasteiger partial charge in [-0.1, -0.05) is 11.6 Å². The molecule has 1 fully saturated rings. The zero-order valence-electron chi connectivity index (χ0n) is 9.80. The van der Waals surface area contributed by atoms with Gasteiger partial charge in [0.05, 0.1) is 16.3 Å². The Kier molecular flexibility index (Phi) is 3.41. The van der Waals surface area contributed by atoms with Gasteiger partial charge in [-0.15, -0.1) is 0 Å². The number of carboxylic acid groups (broad SMARTS) is 1. The molecule has 6 nitrogen and oxygen atoms in total. The number of hydrogen-bond acceptors (Lipinski definition) is 3. The maximum atomic E-state index is 13.6. The van der Waals surface area contributed by atoms with Crippen molar-refractivity contribution in [1.82, 2.24) is 4.31 Å². The third-order valence-corrected chi connectivity index (χ3v) is 5.13. The number of likely N-dealkylation sites (N-methyl/N-ethyl adjacent to an activating group) is 1. The lowest BCUT2D eigenvalue weighted by atomic mass is 10.2. The fourth-order valence-corrected chi connectivity index (χ4v) is 3.29. The molecule has 0 bridgehead atoms.